The van der Waals surface area contributed by atoms with Crippen molar-refractivity contribution in [1.29, 1.82) is 0 Å². The first-order valence-corrected chi connectivity index (χ1v) is 12.7. The number of amides is 1. The Hall–Kier alpha value is -1.60. The molecule has 0 saturated carbocycles. The van der Waals surface area contributed by atoms with Gasteiger partial charge in [0.05, 0.1) is 17.7 Å². The molecular weight excluding hydrogens is 455 g/mol. The van der Waals surface area contributed by atoms with Crippen LogP contribution in [0.3, 0.4) is 0 Å². The monoisotopic (exact) mass is 482 g/mol. The molecule has 2 unspecified atom stereocenters. The number of nitrogens with zero attached hydrogens (tertiary/aromatic N) is 1. The van der Waals surface area contributed by atoms with E-state index in [-0.39, 0.29) is 24.2 Å². The Labute approximate surface area is 194 Å². The number of piperidine rings is 1. The van der Waals surface area contributed by atoms with Crippen molar-refractivity contribution in [1.82, 2.24) is 9.62 Å². The Kier molecular flexibility index (Phi) is 7.68. The molecule has 1 aliphatic rings. The molecule has 2 aromatic rings. The summed E-state index contributed by atoms with van der Waals surface area (Å²) in [7, 11) is -3.66. The van der Waals surface area contributed by atoms with Crippen LogP contribution in [0.1, 0.15) is 48.1 Å². The second kappa shape index (κ2) is 9.90. The summed E-state index contributed by atoms with van der Waals surface area (Å²) in [6.45, 7) is 6.57. The summed E-state index contributed by atoms with van der Waals surface area (Å²) in [5, 5.41) is 3.71. The maximum absolute atomic E-state index is 13.0. The van der Waals surface area contributed by atoms with Crippen molar-refractivity contribution in [2.45, 2.75) is 45.4 Å². The fourth-order valence-corrected chi connectivity index (χ4v) is 6.44. The van der Waals surface area contributed by atoms with E-state index in [0.717, 1.165) is 11.1 Å². The lowest BCUT2D eigenvalue weighted by atomic mass is 9.96. The molecule has 0 bridgehead atoms. The first kappa shape index (κ1) is 24.1. The van der Waals surface area contributed by atoms with E-state index in [1.54, 1.807) is 18.2 Å². The van der Waals surface area contributed by atoms with Crippen LogP contribution in [0.5, 0.6) is 0 Å². The Morgan fingerprint density at radius 2 is 1.87 bits per heavy atom. The summed E-state index contributed by atoms with van der Waals surface area (Å²) in [5.41, 5.74) is 3.75. The smallest absolute Gasteiger partial charge is 0.224 e. The molecule has 2 atom stereocenters. The molecule has 8 heteroatoms. The van der Waals surface area contributed by atoms with Crippen molar-refractivity contribution < 1.29 is 13.2 Å². The van der Waals surface area contributed by atoms with E-state index >= 15 is 0 Å². The average Bonchev–Trinajstić information content (AvgIpc) is 2.71. The summed E-state index contributed by atoms with van der Waals surface area (Å²) in [5.74, 6) is -0.791. The largest absolute Gasteiger partial charge is 0.349 e. The molecule has 1 N–H and O–H groups in total. The van der Waals surface area contributed by atoms with Crippen molar-refractivity contribution >= 4 is 39.1 Å². The van der Waals surface area contributed by atoms with E-state index in [1.165, 1.54) is 9.87 Å². The molecule has 168 valence electrons. The van der Waals surface area contributed by atoms with Crippen LogP contribution in [0.2, 0.25) is 10.0 Å². The van der Waals surface area contributed by atoms with Gasteiger partial charge in [0.25, 0.3) is 0 Å². The van der Waals surface area contributed by atoms with Crippen molar-refractivity contribution in [2.75, 3.05) is 13.1 Å². The summed E-state index contributed by atoms with van der Waals surface area (Å²) >= 11 is 12.3. The maximum Gasteiger partial charge on any atom is 0.224 e. The molecule has 1 heterocycles. The van der Waals surface area contributed by atoms with E-state index < -0.39 is 15.9 Å². The first-order valence-electron chi connectivity index (χ1n) is 10.4. The first-order chi connectivity index (χ1) is 14.6. The summed E-state index contributed by atoms with van der Waals surface area (Å²) < 4.78 is 27.4. The third-order valence-corrected chi connectivity index (χ3v) is 8.27. The number of sulfonamides is 1. The molecule has 5 nitrogen and oxygen atoms in total. The fourth-order valence-electron chi connectivity index (χ4n) is 4.07. The van der Waals surface area contributed by atoms with Crippen LogP contribution in [0.15, 0.2) is 36.4 Å². The summed E-state index contributed by atoms with van der Waals surface area (Å²) in [6, 6.07) is 10.9. The number of aryl methyl sites for hydroxylation is 2. The maximum atomic E-state index is 13.0. The van der Waals surface area contributed by atoms with Crippen LogP contribution in [-0.4, -0.2) is 31.7 Å². The van der Waals surface area contributed by atoms with E-state index in [0.29, 0.717) is 35.0 Å². The van der Waals surface area contributed by atoms with Crippen molar-refractivity contribution in [3.63, 3.8) is 0 Å². The van der Waals surface area contributed by atoms with Crippen LogP contribution in [0.4, 0.5) is 0 Å². The third-order valence-electron chi connectivity index (χ3n) is 5.79. The molecular formula is C23H28Cl2N2O3S. The third kappa shape index (κ3) is 5.80. The topological polar surface area (TPSA) is 66.5 Å². The molecule has 31 heavy (non-hydrogen) atoms. The van der Waals surface area contributed by atoms with Gasteiger partial charge in [0.2, 0.25) is 15.9 Å². The minimum Gasteiger partial charge on any atom is -0.349 e. The van der Waals surface area contributed by atoms with Gasteiger partial charge in [0, 0.05) is 28.7 Å². The molecule has 0 aromatic heterocycles. The zero-order chi connectivity index (χ0) is 22.8. The quantitative estimate of drug-likeness (QED) is 0.627. The van der Waals surface area contributed by atoms with Gasteiger partial charge < -0.3 is 5.32 Å². The number of hydrogen-bond acceptors (Lipinski definition) is 3. The molecule has 0 aliphatic carbocycles. The van der Waals surface area contributed by atoms with Gasteiger partial charge in [0.15, 0.2) is 0 Å². The number of carbonyl (C=O) groups excluding carboxylic acids is 1. The molecule has 3 rings (SSSR count). The number of hydrogen-bond donors (Lipinski definition) is 1. The normalized spacial score (nSPS) is 18.5. The van der Waals surface area contributed by atoms with Gasteiger partial charge >= 0.3 is 0 Å². The number of rotatable bonds is 6. The highest BCUT2D eigenvalue weighted by atomic mass is 35.5. The SMILES string of the molecule is Cc1ccc(C(C)NC(=O)C2CCCN(S(=O)(=O)Cc3c(Cl)cccc3Cl)C2)c(C)c1. The fraction of sp³-hybridized carbons (Fsp3) is 0.435. The highest BCUT2D eigenvalue weighted by Gasteiger charge is 2.33. The standard InChI is InChI=1S/C23H28Cl2N2O3S/c1-15-9-10-19(16(2)12-15)17(3)26-23(28)18-6-5-11-27(13-18)31(29,30)14-20-21(24)7-4-8-22(20)25/h4,7-10,12,17-18H,5-6,11,13-14H2,1-3H3,(H,26,28). The number of carbonyl (C=O) groups is 1. The number of nitrogens with one attached hydrogen (secondary N) is 1. The van der Waals surface area contributed by atoms with Gasteiger partial charge in [-0.15, -0.1) is 0 Å². The molecule has 1 aliphatic heterocycles. The minimum atomic E-state index is -3.66. The highest BCUT2D eigenvalue weighted by Crippen LogP contribution is 2.29. The van der Waals surface area contributed by atoms with Crippen LogP contribution < -0.4 is 5.32 Å². The van der Waals surface area contributed by atoms with Crippen LogP contribution >= 0.6 is 23.2 Å². The molecule has 0 spiro atoms. The van der Waals surface area contributed by atoms with E-state index in [2.05, 4.69) is 11.4 Å². The molecule has 0 radical (unpaired) electrons. The van der Waals surface area contributed by atoms with Gasteiger partial charge in [-0.2, -0.15) is 0 Å². The summed E-state index contributed by atoms with van der Waals surface area (Å²) in [6.07, 6.45) is 1.29. The van der Waals surface area contributed by atoms with Crippen molar-refractivity contribution in [2.24, 2.45) is 5.92 Å². The Bertz CT molecular complexity index is 1050. The lowest BCUT2D eigenvalue weighted by Gasteiger charge is -2.32. The zero-order valence-electron chi connectivity index (χ0n) is 18.0. The average molecular weight is 483 g/mol. The second-order valence-electron chi connectivity index (χ2n) is 8.24. The second-order valence-corrected chi connectivity index (χ2v) is 11.0. The van der Waals surface area contributed by atoms with E-state index in [9.17, 15) is 13.2 Å². The van der Waals surface area contributed by atoms with Gasteiger partial charge in [-0.05, 0) is 56.9 Å². The van der Waals surface area contributed by atoms with E-state index in [1.807, 2.05) is 32.9 Å². The Morgan fingerprint density at radius 3 is 2.52 bits per heavy atom. The zero-order valence-corrected chi connectivity index (χ0v) is 20.3. The van der Waals surface area contributed by atoms with Crippen LogP contribution in [0.25, 0.3) is 0 Å². The summed E-state index contributed by atoms with van der Waals surface area (Å²) in [4.78, 5) is 12.9. The Morgan fingerprint density at radius 1 is 1.19 bits per heavy atom. The number of halogens is 2. The predicted molar refractivity (Wildman–Crippen MR) is 126 cm³/mol. The highest BCUT2D eigenvalue weighted by molar-refractivity contribution is 7.88. The van der Waals surface area contributed by atoms with Gasteiger partial charge in [-0.25, -0.2) is 12.7 Å². The molecule has 1 amide bonds. The van der Waals surface area contributed by atoms with Crippen LogP contribution in [-0.2, 0) is 20.6 Å². The van der Waals surface area contributed by atoms with Crippen molar-refractivity contribution in [3.05, 3.63) is 68.7 Å². The molecule has 1 saturated heterocycles. The van der Waals surface area contributed by atoms with Gasteiger partial charge in [-0.1, -0.05) is 53.0 Å². The van der Waals surface area contributed by atoms with Gasteiger partial charge in [0.1, 0.15) is 0 Å². The van der Waals surface area contributed by atoms with E-state index in [4.69, 9.17) is 23.2 Å². The number of benzene rings is 2. The molecule has 2 aromatic carbocycles. The Balaban J connectivity index is 1.68. The lowest BCUT2D eigenvalue weighted by molar-refractivity contribution is -0.126. The van der Waals surface area contributed by atoms with Gasteiger partial charge in [-0.3, -0.25) is 4.79 Å². The lowest BCUT2D eigenvalue weighted by Crippen LogP contribution is -2.46. The predicted octanol–water partition coefficient (Wildman–Crippen LogP) is 5.03. The minimum absolute atomic E-state index is 0.122. The van der Waals surface area contributed by atoms with Crippen LogP contribution in [0, 0.1) is 19.8 Å². The molecule has 1 fully saturated rings. The van der Waals surface area contributed by atoms with Crippen molar-refractivity contribution in [3.8, 4) is 0 Å².